The maximum atomic E-state index is 5.38. The lowest BCUT2D eigenvalue weighted by atomic mass is 10.1. The molecule has 1 aromatic heterocycles. The molecule has 2 heterocycles. The van der Waals surface area contributed by atoms with E-state index < -0.39 is 0 Å². The van der Waals surface area contributed by atoms with E-state index >= 15 is 0 Å². The first-order valence-corrected chi connectivity index (χ1v) is 8.86. The second-order valence-electron chi connectivity index (χ2n) is 6.47. The molecule has 6 heteroatoms. The topological polar surface area (TPSA) is 53.5 Å². The smallest absolute Gasteiger partial charge is 0.145 e. The Balaban J connectivity index is 1.55. The molecule has 1 saturated heterocycles. The van der Waals surface area contributed by atoms with Crippen molar-refractivity contribution in [3.05, 3.63) is 36.7 Å². The molecule has 2 aromatic rings. The van der Waals surface area contributed by atoms with Crippen molar-refractivity contribution in [3.8, 4) is 11.3 Å². The molecule has 1 aliphatic rings. The average Bonchev–Trinajstić information content (AvgIpc) is 2.66. The zero-order chi connectivity index (χ0) is 17.5. The van der Waals surface area contributed by atoms with Crippen LogP contribution in [0.4, 0.5) is 11.5 Å². The van der Waals surface area contributed by atoms with Gasteiger partial charge in [-0.25, -0.2) is 4.98 Å². The van der Waals surface area contributed by atoms with Crippen LogP contribution >= 0.6 is 0 Å². The summed E-state index contributed by atoms with van der Waals surface area (Å²) in [5, 5.41) is 3.39. The highest BCUT2D eigenvalue weighted by Gasteiger charge is 2.09. The normalized spacial score (nSPS) is 15.1. The van der Waals surface area contributed by atoms with Crippen LogP contribution in [0.2, 0.25) is 0 Å². The van der Waals surface area contributed by atoms with Gasteiger partial charge in [0.15, 0.2) is 0 Å². The van der Waals surface area contributed by atoms with Gasteiger partial charge in [0.1, 0.15) is 5.82 Å². The van der Waals surface area contributed by atoms with Gasteiger partial charge in [-0.3, -0.25) is 9.88 Å². The molecular formula is C19H27N5O. The Morgan fingerprint density at radius 2 is 2.04 bits per heavy atom. The number of nitrogens with one attached hydrogen (secondary N) is 1. The van der Waals surface area contributed by atoms with Gasteiger partial charge in [0, 0.05) is 45.0 Å². The molecule has 0 spiro atoms. The summed E-state index contributed by atoms with van der Waals surface area (Å²) < 4.78 is 5.38. The van der Waals surface area contributed by atoms with Crippen LogP contribution in [0.15, 0.2) is 36.7 Å². The molecule has 0 unspecified atom stereocenters. The number of ether oxygens (including phenoxy) is 1. The molecule has 6 nitrogen and oxygen atoms in total. The van der Waals surface area contributed by atoms with E-state index in [1.54, 1.807) is 6.20 Å². The van der Waals surface area contributed by atoms with Crippen molar-refractivity contribution in [2.24, 2.45) is 0 Å². The van der Waals surface area contributed by atoms with Crippen LogP contribution in [-0.2, 0) is 4.74 Å². The van der Waals surface area contributed by atoms with E-state index in [2.05, 4.69) is 44.4 Å². The van der Waals surface area contributed by atoms with E-state index in [9.17, 15) is 0 Å². The molecule has 0 aliphatic carbocycles. The number of morpholine rings is 1. The SMILES string of the molecule is CN(C)c1cccc(-c2cncc(NCCCN3CCOCC3)n2)c1. The molecule has 1 aromatic carbocycles. The van der Waals surface area contributed by atoms with Gasteiger partial charge in [-0.15, -0.1) is 0 Å². The summed E-state index contributed by atoms with van der Waals surface area (Å²) in [5.41, 5.74) is 3.13. The molecule has 1 fully saturated rings. The number of rotatable bonds is 7. The van der Waals surface area contributed by atoms with Crippen molar-refractivity contribution in [2.45, 2.75) is 6.42 Å². The highest BCUT2D eigenvalue weighted by atomic mass is 16.5. The maximum Gasteiger partial charge on any atom is 0.145 e. The molecule has 1 aliphatic heterocycles. The second kappa shape index (κ2) is 8.78. The molecule has 3 rings (SSSR count). The van der Waals surface area contributed by atoms with Crippen LogP contribution in [0, 0.1) is 0 Å². The average molecular weight is 341 g/mol. The molecule has 0 radical (unpaired) electrons. The predicted octanol–water partition coefficient (Wildman–Crippen LogP) is 2.34. The number of hydrogen-bond donors (Lipinski definition) is 1. The molecule has 25 heavy (non-hydrogen) atoms. The predicted molar refractivity (Wildman–Crippen MR) is 102 cm³/mol. The fraction of sp³-hybridized carbons (Fsp3) is 0.474. The third-order valence-corrected chi connectivity index (χ3v) is 4.35. The number of hydrogen-bond acceptors (Lipinski definition) is 6. The molecule has 1 N–H and O–H groups in total. The van der Waals surface area contributed by atoms with Gasteiger partial charge in [0.25, 0.3) is 0 Å². The number of nitrogens with zero attached hydrogens (tertiary/aromatic N) is 4. The summed E-state index contributed by atoms with van der Waals surface area (Å²) in [7, 11) is 4.08. The van der Waals surface area contributed by atoms with Crippen LogP contribution < -0.4 is 10.2 Å². The molecule has 134 valence electrons. The van der Waals surface area contributed by atoms with Crippen LogP contribution in [0.1, 0.15) is 6.42 Å². The standard InChI is InChI=1S/C19H27N5O/c1-23(2)17-6-3-5-16(13-17)18-14-20-15-19(22-18)21-7-4-8-24-9-11-25-12-10-24/h3,5-6,13-15H,4,7-12H2,1-2H3,(H,21,22). The van der Waals surface area contributed by atoms with Crippen molar-refractivity contribution in [2.75, 3.05) is 63.7 Å². The Labute approximate surface area is 149 Å². The Kier molecular flexibility index (Phi) is 6.19. The van der Waals surface area contributed by atoms with E-state index in [1.165, 1.54) is 0 Å². The lowest BCUT2D eigenvalue weighted by Gasteiger charge is -2.26. The van der Waals surface area contributed by atoms with Gasteiger partial charge >= 0.3 is 0 Å². The fourth-order valence-electron chi connectivity index (χ4n) is 2.88. The van der Waals surface area contributed by atoms with Gasteiger partial charge in [-0.05, 0) is 25.1 Å². The third-order valence-electron chi connectivity index (χ3n) is 4.35. The van der Waals surface area contributed by atoms with E-state index in [1.807, 2.05) is 20.3 Å². The van der Waals surface area contributed by atoms with Gasteiger partial charge in [-0.1, -0.05) is 12.1 Å². The zero-order valence-corrected chi connectivity index (χ0v) is 15.1. The Morgan fingerprint density at radius 3 is 2.84 bits per heavy atom. The molecular weight excluding hydrogens is 314 g/mol. The maximum absolute atomic E-state index is 5.38. The molecule has 0 saturated carbocycles. The van der Waals surface area contributed by atoms with Crippen LogP contribution in [0.25, 0.3) is 11.3 Å². The number of anilines is 2. The quantitative estimate of drug-likeness (QED) is 0.780. The Hall–Kier alpha value is -2.18. The summed E-state index contributed by atoms with van der Waals surface area (Å²) in [6.07, 6.45) is 4.68. The lowest BCUT2D eigenvalue weighted by molar-refractivity contribution is 0.0378. The Morgan fingerprint density at radius 1 is 1.20 bits per heavy atom. The van der Waals surface area contributed by atoms with Crippen LogP contribution in [0.5, 0.6) is 0 Å². The van der Waals surface area contributed by atoms with Crippen molar-refractivity contribution in [1.29, 1.82) is 0 Å². The van der Waals surface area contributed by atoms with Crippen molar-refractivity contribution >= 4 is 11.5 Å². The monoisotopic (exact) mass is 341 g/mol. The zero-order valence-electron chi connectivity index (χ0n) is 15.1. The summed E-state index contributed by atoms with van der Waals surface area (Å²) in [5.74, 6) is 0.828. The van der Waals surface area contributed by atoms with E-state index in [4.69, 9.17) is 9.72 Å². The summed E-state index contributed by atoms with van der Waals surface area (Å²) in [6, 6.07) is 8.34. The fourth-order valence-corrected chi connectivity index (χ4v) is 2.88. The first-order valence-electron chi connectivity index (χ1n) is 8.86. The van der Waals surface area contributed by atoms with Gasteiger partial charge in [0.05, 0.1) is 31.3 Å². The first-order chi connectivity index (χ1) is 12.2. The minimum Gasteiger partial charge on any atom is -0.379 e. The van der Waals surface area contributed by atoms with Crippen LogP contribution in [-0.4, -0.2) is 68.4 Å². The highest BCUT2D eigenvalue weighted by Crippen LogP contribution is 2.22. The van der Waals surface area contributed by atoms with E-state index in [-0.39, 0.29) is 0 Å². The Bertz CT molecular complexity index is 670. The highest BCUT2D eigenvalue weighted by molar-refractivity contribution is 5.65. The number of aromatic nitrogens is 2. The largest absolute Gasteiger partial charge is 0.379 e. The van der Waals surface area contributed by atoms with Crippen molar-refractivity contribution < 1.29 is 4.74 Å². The third kappa shape index (κ3) is 5.14. The molecule has 0 atom stereocenters. The van der Waals surface area contributed by atoms with Gasteiger partial charge < -0.3 is 15.0 Å². The van der Waals surface area contributed by atoms with Gasteiger partial charge in [0.2, 0.25) is 0 Å². The van der Waals surface area contributed by atoms with Gasteiger partial charge in [-0.2, -0.15) is 0 Å². The second-order valence-corrected chi connectivity index (χ2v) is 6.47. The van der Waals surface area contributed by atoms with Crippen LogP contribution in [0.3, 0.4) is 0 Å². The van der Waals surface area contributed by atoms with E-state index in [0.717, 1.165) is 68.6 Å². The lowest BCUT2D eigenvalue weighted by Crippen LogP contribution is -2.37. The molecule has 0 bridgehead atoms. The molecule has 0 amide bonds. The summed E-state index contributed by atoms with van der Waals surface area (Å²) in [6.45, 7) is 5.77. The first kappa shape index (κ1) is 17.6. The minimum atomic E-state index is 0.828. The summed E-state index contributed by atoms with van der Waals surface area (Å²) in [4.78, 5) is 13.6. The number of benzene rings is 1. The summed E-state index contributed by atoms with van der Waals surface area (Å²) >= 11 is 0. The van der Waals surface area contributed by atoms with Crippen molar-refractivity contribution in [3.63, 3.8) is 0 Å². The van der Waals surface area contributed by atoms with E-state index in [0.29, 0.717) is 0 Å². The minimum absolute atomic E-state index is 0.828. The van der Waals surface area contributed by atoms with Crippen molar-refractivity contribution in [1.82, 2.24) is 14.9 Å².